The molecule has 0 atom stereocenters. The Labute approximate surface area is 114 Å². The molecular weight excluding hydrogens is 261 g/mol. The molecule has 0 fully saturated rings. The molecule has 0 aliphatic heterocycles. The highest BCUT2D eigenvalue weighted by Crippen LogP contribution is 2.21. The molecule has 0 saturated heterocycles. The smallest absolute Gasteiger partial charge is 0.251 e. The fraction of sp³-hybridized carbons (Fsp3) is 0.143. The van der Waals surface area contributed by atoms with Crippen LogP contribution in [0.3, 0.4) is 0 Å². The summed E-state index contributed by atoms with van der Waals surface area (Å²) in [4.78, 5) is 12.1. The number of amides is 1. The van der Waals surface area contributed by atoms with Crippen LogP contribution in [0.1, 0.15) is 16.8 Å². The van der Waals surface area contributed by atoms with Crippen molar-refractivity contribution < 1.29 is 14.4 Å². The van der Waals surface area contributed by atoms with Crippen molar-refractivity contribution in [2.45, 2.75) is 6.42 Å². The summed E-state index contributed by atoms with van der Waals surface area (Å²) in [5.74, 6) is -0.657. The molecule has 0 heterocycles. The zero-order chi connectivity index (χ0) is 14.5. The number of nitrogens with one attached hydrogen (secondary N) is 1. The Bertz CT molecular complexity index is 671. The fourth-order valence-corrected chi connectivity index (χ4v) is 1.91. The van der Waals surface area contributed by atoms with Crippen molar-refractivity contribution in [3.05, 3.63) is 47.8 Å². The molecule has 5 nitrogen and oxygen atoms in total. The molecular formula is C14H14FN3O2. The molecule has 0 bridgehead atoms. The Hall–Kier alpha value is -2.63. The van der Waals surface area contributed by atoms with Crippen LogP contribution in [-0.4, -0.2) is 23.5 Å². The molecule has 2 aromatic rings. The van der Waals surface area contributed by atoms with Gasteiger partial charge in [-0.2, -0.15) is 0 Å². The molecule has 6 heteroatoms. The fourth-order valence-electron chi connectivity index (χ4n) is 1.91. The molecule has 0 radical (unpaired) electrons. The molecule has 0 aliphatic rings. The van der Waals surface area contributed by atoms with Gasteiger partial charge in [-0.25, -0.2) is 4.39 Å². The minimum Gasteiger partial charge on any atom is -0.409 e. The first-order valence-electron chi connectivity index (χ1n) is 6.05. The number of carbonyl (C=O) groups is 1. The molecule has 0 spiro atoms. The van der Waals surface area contributed by atoms with Gasteiger partial charge in [0, 0.05) is 23.9 Å². The van der Waals surface area contributed by atoms with Gasteiger partial charge in [0.05, 0.1) is 0 Å². The number of oxime groups is 1. The summed E-state index contributed by atoms with van der Waals surface area (Å²) in [7, 11) is 0. The molecule has 0 unspecified atom stereocenters. The quantitative estimate of drug-likeness (QED) is 0.344. The molecule has 104 valence electrons. The van der Waals surface area contributed by atoms with E-state index in [0.717, 1.165) is 0 Å². The van der Waals surface area contributed by atoms with Crippen molar-refractivity contribution in [3.63, 3.8) is 0 Å². The second kappa shape index (κ2) is 6.01. The van der Waals surface area contributed by atoms with Crippen LogP contribution in [0.2, 0.25) is 0 Å². The normalized spacial score (nSPS) is 11.6. The van der Waals surface area contributed by atoms with E-state index >= 15 is 0 Å². The van der Waals surface area contributed by atoms with Gasteiger partial charge < -0.3 is 16.3 Å². The number of benzene rings is 2. The lowest BCUT2D eigenvalue weighted by Gasteiger charge is -2.08. The average Bonchev–Trinajstić information content (AvgIpc) is 2.47. The standard InChI is InChI=1S/C14H14FN3O2/c15-12-6-5-11(9-3-1-2-4-10(9)12)14(19)17-8-7-13(16)18-20/h1-6,20H,7-8H2,(H2,16,18)(H,17,19). The Morgan fingerprint density at radius 1 is 1.25 bits per heavy atom. The monoisotopic (exact) mass is 275 g/mol. The predicted molar refractivity (Wildman–Crippen MR) is 74.3 cm³/mol. The summed E-state index contributed by atoms with van der Waals surface area (Å²) in [5.41, 5.74) is 5.70. The zero-order valence-electron chi connectivity index (χ0n) is 10.6. The molecule has 0 aliphatic carbocycles. The summed E-state index contributed by atoms with van der Waals surface area (Å²) >= 11 is 0. The van der Waals surface area contributed by atoms with Gasteiger partial charge in [0.25, 0.3) is 5.91 Å². The number of carbonyl (C=O) groups excluding carboxylic acids is 1. The van der Waals surface area contributed by atoms with Gasteiger partial charge in [-0.1, -0.05) is 29.4 Å². The van der Waals surface area contributed by atoms with E-state index in [2.05, 4.69) is 10.5 Å². The number of halogens is 1. The Kier molecular flexibility index (Phi) is 4.14. The number of fused-ring (bicyclic) bond motifs is 1. The summed E-state index contributed by atoms with van der Waals surface area (Å²) < 4.78 is 13.6. The third kappa shape index (κ3) is 2.85. The molecule has 0 saturated carbocycles. The number of hydrogen-bond donors (Lipinski definition) is 3. The second-order valence-corrected chi connectivity index (χ2v) is 4.24. The number of nitrogens with zero attached hydrogens (tertiary/aromatic N) is 1. The van der Waals surface area contributed by atoms with Crippen LogP contribution < -0.4 is 11.1 Å². The maximum atomic E-state index is 13.6. The Morgan fingerprint density at radius 3 is 2.65 bits per heavy atom. The van der Waals surface area contributed by atoms with Crippen molar-refractivity contribution in [1.29, 1.82) is 0 Å². The molecule has 20 heavy (non-hydrogen) atoms. The van der Waals surface area contributed by atoms with Crippen LogP contribution in [0, 0.1) is 5.82 Å². The third-order valence-electron chi connectivity index (χ3n) is 2.91. The SMILES string of the molecule is N/C(CCNC(=O)c1ccc(F)c2ccccc12)=N/O. The van der Waals surface area contributed by atoms with E-state index in [-0.39, 0.29) is 30.5 Å². The summed E-state index contributed by atoms with van der Waals surface area (Å²) in [5, 5.41) is 14.8. The summed E-state index contributed by atoms with van der Waals surface area (Å²) in [6.45, 7) is 0.237. The molecule has 1 amide bonds. The van der Waals surface area contributed by atoms with Crippen LogP contribution in [0.5, 0.6) is 0 Å². The zero-order valence-corrected chi connectivity index (χ0v) is 10.6. The lowest BCUT2D eigenvalue weighted by Crippen LogP contribution is -2.28. The first kappa shape index (κ1) is 13.8. The van der Waals surface area contributed by atoms with Gasteiger partial charge in [-0.3, -0.25) is 4.79 Å². The highest BCUT2D eigenvalue weighted by atomic mass is 19.1. The minimum atomic E-state index is -0.367. The van der Waals surface area contributed by atoms with Crippen LogP contribution in [-0.2, 0) is 0 Å². The molecule has 4 N–H and O–H groups in total. The van der Waals surface area contributed by atoms with E-state index in [4.69, 9.17) is 10.9 Å². The topological polar surface area (TPSA) is 87.7 Å². The van der Waals surface area contributed by atoms with Crippen LogP contribution in [0.4, 0.5) is 4.39 Å². The van der Waals surface area contributed by atoms with Gasteiger partial charge in [0.1, 0.15) is 11.7 Å². The number of hydrogen-bond acceptors (Lipinski definition) is 3. The van der Waals surface area contributed by atoms with E-state index < -0.39 is 0 Å². The predicted octanol–water partition coefficient (Wildman–Crippen LogP) is 1.85. The molecule has 2 aromatic carbocycles. The van der Waals surface area contributed by atoms with Gasteiger partial charge in [-0.05, 0) is 17.5 Å². The van der Waals surface area contributed by atoms with E-state index in [9.17, 15) is 9.18 Å². The number of amidine groups is 1. The van der Waals surface area contributed by atoms with Crippen molar-refractivity contribution in [2.75, 3.05) is 6.54 Å². The van der Waals surface area contributed by atoms with Gasteiger partial charge in [0.15, 0.2) is 0 Å². The van der Waals surface area contributed by atoms with Crippen molar-refractivity contribution >= 4 is 22.5 Å². The Balaban J connectivity index is 2.21. The van der Waals surface area contributed by atoms with Crippen molar-refractivity contribution in [3.8, 4) is 0 Å². The molecule has 0 aromatic heterocycles. The molecule has 2 rings (SSSR count). The third-order valence-corrected chi connectivity index (χ3v) is 2.91. The first-order chi connectivity index (χ1) is 9.63. The van der Waals surface area contributed by atoms with Crippen molar-refractivity contribution in [2.24, 2.45) is 10.9 Å². The minimum absolute atomic E-state index is 0.0364. The van der Waals surface area contributed by atoms with Crippen molar-refractivity contribution in [1.82, 2.24) is 5.32 Å². The highest BCUT2D eigenvalue weighted by Gasteiger charge is 2.11. The van der Waals surface area contributed by atoms with Gasteiger partial charge >= 0.3 is 0 Å². The lowest BCUT2D eigenvalue weighted by molar-refractivity contribution is 0.0956. The Morgan fingerprint density at radius 2 is 1.95 bits per heavy atom. The summed E-state index contributed by atoms with van der Waals surface area (Å²) in [6.07, 6.45) is 0.237. The maximum Gasteiger partial charge on any atom is 0.251 e. The van der Waals surface area contributed by atoms with E-state index in [1.54, 1.807) is 24.3 Å². The van der Waals surface area contributed by atoms with Gasteiger partial charge in [0.2, 0.25) is 0 Å². The van der Waals surface area contributed by atoms with Crippen LogP contribution in [0.15, 0.2) is 41.6 Å². The number of rotatable bonds is 4. The first-order valence-corrected chi connectivity index (χ1v) is 6.05. The number of nitrogens with two attached hydrogens (primary N) is 1. The van der Waals surface area contributed by atoms with E-state index in [1.165, 1.54) is 12.1 Å². The van der Waals surface area contributed by atoms with Crippen LogP contribution in [0.25, 0.3) is 10.8 Å². The maximum absolute atomic E-state index is 13.6. The average molecular weight is 275 g/mol. The highest BCUT2D eigenvalue weighted by molar-refractivity contribution is 6.07. The second-order valence-electron chi connectivity index (χ2n) is 4.24. The van der Waals surface area contributed by atoms with Crippen LogP contribution >= 0.6 is 0 Å². The lowest BCUT2D eigenvalue weighted by atomic mass is 10.0. The van der Waals surface area contributed by atoms with E-state index in [0.29, 0.717) is 16.3 Å². The summed E-state index contributed by atoms with van der Waals surface area (Å²) in [6, 6.07) is 9.48. The van der Waals surface area contributed by atoms with Gasteiger partial charge in [-0.15, -0.1) is 0 Å². The van der Waals surface area contributed by atoms with E-state index in [1.807, 2.05) is 0 Å². The largest absolute Gasteiger partial charge is 0.409 e.